The van der Waals surface area contributed by atoms with Crippen LogP contribution in [0.4, 0.5) is 0 Å². The van der Waals surface area contributed by atoms with Crippen molar-refractivity contribution in [3.63, 3.8) is 0 Å². The molecule has 3 aliphatic rings. The zero-order valence-electron chi connectivity index (χ0n) is 14.5. The lowest BCUT2D eigenvalue weighted by atomic mass is 10.0. The van der Waals surface area contributed by atoms with Crippen molar-refractivity contribution >= 4 is 5.91 Å². The summed E-state index contributed by atoms with van der Waals surface area (Å²) in [5, 5.41) is 16.7. The zero-order valence-corrected chi connectivity index (χ0v) is 14.5. The Balaban J connectivity index is 1.29. The van der Waals surface area contributed by atoms with E-state index in [0.29, 0.717) is 25.2 Å². The summed E-state index contributed by atoms with van der Waals surface area (Å²) in [4.78, 5) is 14.7. The van der Waals surface area contributed by atoms with Gasteiger partial charge >= 0.3 is 0 Å². The molecule has 0 bridgehead atoms. The summed E-state index contributed by atoms with van der Waals surface area (Å²) in [5.74, 6) is 3.43. The van der Waals surface area contributed by atoms with E-state index < -0.39 is 0 Å². The average molecular weight is 340 g/mol. The second kappa shape index (κ2) is 6.58. The maximum absolute atomic E-state index is 12.7. The van der Waals surface area contributed by atoms with Gasteiger partial charge in [-0.2, -0.15) is 10.2 Å². The summed E-state index contributed by atoms with van der Waals surface area (Å²) < 4.78 is 1.91. The quantitative estimate of drug-likeness (QED) is 0.682. The third-order valence-corrected chi connectivity index (χ3v) is 5.44. The number of hydrogen-bond acceptors (Lipinski definition) is 5. The third kappa shape index (κ3) is 3.73. The first-order chi connectivity index (χ1) is 12.2. The Bertz CT molecular complexity index is 707. The second-order valence-electron chi connectivity index (χ2n) is 7.41. The maximum atomic E-state index is 12.7. The van der Waals surface area contributed by atoms with Gasteiger partial charge in [-0.1, -0.05) is 5.21 Å². The molecule has 0 N–H and O–H groups in total. The first-order valence-corrected chi connectivity index (χ1v) is 9.26. The van der Waals surface area contributed by atoms with E-state index in [9.17, 15) is 4.79 Å². The van der Waals surface area contributed by atoms with Crippen molar-refractivity contribution in [2.75, 3.05) is 6.54 Å². The number of amides is 1. The second-order valence-corrected chi connectivity index (χ2v) is 7.41. The minimum absolute atomic E-state index is 0.197. The van der Waals surface area contributed by atoms with Crippen molar-refractivity contribution in [2.24, 2.45) is 10.2 Å². The van der Waals surface area contributed by atoms with Crippen LogP contribution in [0, 0.1) is 12.3 Å². The molecule has 0 aromatic carbocycles. The fourth-order valence-corrected chi connectivity index (χ4v) is 3.66. The van der Waals surface area contributed by atoms with Crippen molar-refractivity contribution < 1.29 is 4.79 Å². The highest BCUT2D eigenvalue weighted by Crippen LogP contribution is 2.39. The van der Waals surface area contributed by atoms with E-state index in [4.69, 9.17) is 6.42 Å². The first kappa shape index (κ1) is 16.2. The van der Waals surface area contributed by atoms with Crippen LogP contribution in [-0.4, -0.2) is 44.1 Å². The highest BCUT2D eigenvalue weighted by Gasteiger charge is 2.40. The van der Waals surface area contributed by atoms with Gasteiger partial charge in [0.2, 0.25) is 5.91 Å². The van der Waals surface area contributed by atoms with E-state index >= 15 is 0 Å². The van der Waals surface area contributed by atoms with E-state index in [-0.39, 0.29) is 17.6 Å². The van der Waals surface area contributed by atoms with Gasteiger partial charge in [-0.25, -0.2) is 0 Å². The standard InChI is InChI=1S/C18H24N6O/c1-2-3-9-18(20-21-18)10-8-17(25)24-11-4-5-15(24)12-23-13-16(19-22-23)14-6-7-14/h1,13-15H,3-12H2/t15-/m0/s1. The summed E-state index contributed by atoms with van der Waals surface area (Å²) in [6, 6.07) is 0.219. The molecule has 1 atom stereocenters. The Labute approximate surface area is 147 Å². The fourth-order valence-electron chi connectivity index (χ4n) is 3.66. The molecule has 1 saturated heterocycles. The topological polar surface area (TPSA) is 75.7 Å². The van der Waals surface area contributed by atoms with E-state index in [2.05, 4.69) is 32.7 Å². The van der Waals surface area contributed by atoms with E-state index in [0.717, 1.165) is 38.0 Å². The smallest absolute Gasteiger partial charge is 0.223 e. The molecule has 2 fully saturated rings. The van der Waals surface area contributed by atoms with Gasteiger partial charge in [0, 0.05) is 44.3 Å². The van der Waals surface area contributed by atoms with Crippen LogP contribution in [0.25, 0.3) is 0 Å². The highest BCUT2D eigenvalue weighted by molar-refractivity contribution is 5.77. The Morgan fingerprint density at radius 2 is 2.16 bits per heavy atom. The van der Waals surface area contributed by atoms with Gasteiger partial charge in [-0.05, 0) is 25.7 Å². The molecule has 1 saturated carbocycles. The van der Waals surface area contributed by atoms with E-state index in [1.165, 1.54) is 12.8 Å². The van der Waals surface area contributed by atoms with Crippen LogP contribution in [0.15, 0.2) is 16.4 Å². The Morgan fingerprint density at radius 3 is 2.88 bits per heavy atom. The molecular formula is C18H24N6O. The number of hydrogen-bond donors (Lipinski definition) is 0. The zero-order chi connectivity index (χ0) is 17.3. The van der Waals surface area contributed by atoms with Gasteiger partial charge < -0.3 is 4.90 Å². The Morgan fingerprint density at radius 1 is 1.32 bits per heavy atom. The average Bonchev–Trinajstić information content (AvgIpc) is 3.52. The molecule has 1 aromatic rings. The van der Waals surface area contributed by atoms with Crippen molar-refractivity contribution in [3.05, 3.63) is 11.9 Å². The first-order valence-electron chi connectivity index (χ1n) is 9.26. The monoisotopic (exact) mass is 340 g/mol. The molecule has 2 aliphatic heterocycles. The summed E-state index contributed by atoms with van der Waals surface area (Å²) in [7, 11) is 0. The van der Waals surface area contributed by atoms with Gasteiger partial charge in [0.25, 0.3) is 0 Å². The molecule has 4 rings (SSSR count). The lowest BCUT2D eigenvalue weighted by molar-refractivity contribution is -0.132. The molecule has 7 heteroatoms. The Kier molecular flexibility index (Phi) is 4.28. The number of carbonyl (C=O) groups is 1. The van der Waals surface area contributed by atoms with Crippen molar-refractivity contribution in [3.8, 4) is 12.3 Å². The highest BCUT2D eigenvalue weighted by atomic mass is 16.2. The molecule has 1 aromatic heterocycles. The van der Waals surface area contributed by atoms with Gasteiger partial charge in [-0.3, -0.25) is 9.48 Å². The van der Waals surface area contributed by atoms with Crippen LogP contribution in [0.1, 0.15) is 63.0 Å². The number of likely N-dealkylation sites (tertiary alicyclic amines) is 1. The lowest BCUT2D eigenvalue weighted by Crippen LogP contribution is -2.38. The number of terminal acetylenes is 1. The number of carbonyl (C=O) groups excluding carboxylic acids is 1. The predicted molar refractivity (Wildman–Crippen MR) is 91.6 cm³/mol. The normalized spacial score (nSPS) is 23.6. The maximum Gasteiger partial charge on any atom is 0.223 e. The summed E-state index contributed by atoms with van der Waals surface area (Å²) in [6.07, 6.45) is 14.5. The molecule has 1 aliphatic carbocycles. The van der Waals surface area contributed by atoms with E-state index in [1.807, 2.05) is 9.58 Å². The molecular weight excluding hydrogens is 316 g/mol. The third-order valence-electron chi connectivity index (χ3n) is 5.44. The van der Waals surface area contributed by atoms with Crippen LogP contribution < -0.4 is 0 Å². The Hall–Kier alpha value is -2.23. The van der Waals surface area contributed by atoms with Crippen LogP contribution in [0.5, 0.6) is 0 Å². The molecule has 7 nitrogen and oxygen atoms in total. The number of rotatable bonds is 8. The minimum atomic E-state index is -0.373. The summed E-state index contributed by atoms with van der Waals surface area (Å²) in [5.41, 5.74) is 0.728. The number of nitrogens with zero attached hydrogens (tertiary/aromatic N) is 6. The summed E-state index contributed by atoms with van der Waals surface area (Å²) in [6.45, 7) is 1.57. The van der Waals surface area contributed by atoms with Crippen LogP contribution in [0.2, 0.25) is 0 Å². The van der Waals surface area contributed by atoms with Gasteiger partial charge in [0.15, 0.2) is 5.66 Å². The van der Waals surface area contributed by atoms with Crippen LogP contribution in [0.3, 0.4) is 0 Å². The van der Waals surface area contributed by atoms with Crippen molar-refractivity contribution in [1.82, 2.24) is 19.9 Å². The minimum Gasteiger partial charge on any atom is -0.338 e. The molecule has 3 heterocycles. The predicted octanol–water partition coefficient (Wildman–Crippen LogP) is 2.50. The van der Waals surface area contributed by atoms with Gasteiger partial charge in [0.05, 0.1) is 18.3 Å². The van der Waals surface area contributed by atoms with Gasteiger partial charge in [-0.15, -0.1) is 17.4 Å². The van der Waals surface area contributed by atoms with Gasteiger partial charge in [0.1, 0.15) is 0 Å². The van der Waals surface area contributed by atoms with E-state index in [1.54, 1.807) is 0 Å². The molecule has 0 spiro atoms. The largest absolute Gasteiger partial charge is 0.338 e. The SMILES string of the molecule is C#CCCC1(CCC(=O)N2CCC[C@H]2Cn2cc(C3CC3)nn2)N=N1. The molecule has 0 unspecified atom stereocenters. The molecule has 0 radical (unpaired) electrons. The fraction of sp³-hybridized carbons (Fsp3) is 0.722. The van der Waals surface area contributed by atoms with Crippen molar-refractivity contribution in [1.29, 1.82) is 0 Å². The molecule has 1 amide bonds. The van der Waals surface area contributed by atoms with Crippen molar-refractivity contribution in [2.45, 2.75) is 75.5 Å². The molecule has 132 valence electrons. The van der Waals surface area contributed by atoms with Crippen LogP contribution in [-0.2, 0) is 11.3 Å². The lowest BCUT2D eigenvalue weighted by Gasteiger charge is -2.25. The molecule has 25 heavy (non-hydrogen) atoms. The summed E-state index contributed by atoms with van der Waals surface area (Å²) >= 11 is 0. The number of aromatic nitrogens is 3. The van der Waals surface area contributed by atoms with Crippen LogP contribution >= 0.6 is 0 Å².